The molecule has 1 aromatic rings. The molecule has 15 nitrogen and oxygen atoms in total. The van der Waals surface area contributed by atoms with E-state index in [0.717, 1.165) is 0 Å². The summed E-state index contributed by atoms with van der Waals surface area (Å²) in [6.45, 7) is 2.07. The van der Waals surface area contributed by atoms with Crippen LogP contribution in [0, 0.1) is 0 Å². The number of carbonyl (C=O) groups excluding carboxylic acids is 4. The van der Waals surface area contributed by atoms with Crippen LogP contribution in [0.2, 0.25) is 0 Å². The van der Waals surface area contributed by atoms with Crippen molar-refractivity contribution in [3.8, 4) is 0 Å². The number of carboxylic acids is 1. The average molecular weight is 560 g/mol. The molecule has 0 aliphatic carbocycles. The number of hydrazone groups is 1. The maximum atomic E-state index is 13.8. The number of hydrogen-bond donors (Lipinski definition) is 7. The second kappa shape index (κ2) is 15.7. The molecule has 1 heterocycles. The molecule has 15 heteroatoms. The zero-order chi connectivity index (χ0) is 29.7. The molecular formula is C25H37N9O6. The first-order chi connectivity index (χ1) is 19.0. The van der Waals surface area contributed by atoms with Gasteiger partial charge in [-0.3, -0.25) is 24.2 Å². The molecule has 218 valence electrons. The summed E-state index contributed by atoms with van der Waals surface area (Å²) >= 11 is 0. The highest BCUT2D eigenvalue weighted by Crippen LogP contribution is 2.26. The van der Waals surface area contributed by atoms with Gasteiger partial charge in [-0.05, 0) is 31.2 Å². The molecule has 0 radical (unpaired) electrons. The highest BCUT2D eigenvalue weighted by Gasteiger charge is 2.43. The topological polar surface area (TPSA) is 248 Å². The van der Waals surface area contributed by atoms with Crippen LogP contribution in [0.25, 0.3) is 0 Å². The van der Waals surface area contributed by atoms with Crippen molar-refractivity contribution in [1.29, 1.82) is 0 Å². The van der Waals surface area contributed by atoms with Crippen LogP contribution in [0.15, 0.2) is 40.4 Å². The number of urea groups is 1. The van der Waals surface area contributed by atoms with Gasteiger partial charge in [0.1, 0.15) is 18.0 Å². The standard InChI is InChI=1S/C25H37N9O6/c1-2-18(35)32-20(19(23(38)39)15-8-4-3-5-9-15)22(37)34-13-7-11-17(34)21(36)31-16(14-30-33-25(28)40)10-6-12-29-24(26)27/h3-5,8-9,14,16-17,19-20H,2,6-7,10-13H2,1H3,(H,31,36)(H,32,35)(H,38,39)(H4,26,27,29)(H3,28,33,40)/t16-,17-,19?,20-/m0/s1. The molecule has 10 N–H and O–H groups in total. The van der Waals surface area contributed by atoms with E-state index in [-0.39, 0.29) is 25.5 Å². The summed E-state index contributed by atoms with van der Waals surface area (Å²) in [5.41, 5.74) is 18.1. The molecule has 1 aliphatic heterocycles. The fraction of sp³-hybridized carbons (Fsp3) is 0.480. The molecule has 0 bridgehead atoms. The van der Waals surface area contributed by atoms with Gasteiger partial charge in [0, 0.05) is 25.7 Å². The zero-order valence-corrected chi connectivity index (χ0v) is 22.3. The van der Waals surface area contributed by atoms with E-state index >= 15 is 0 Å². The minimum atomic E-state index is -1.43. The van der Waals surface area contributed by atoms with Crippen molar-refractivity contribution >= 4 is 41.9 Å². The highest BCUT2D eigenvalue weighted by atomic mass is 16.4. The van der Waals surface area contributed by atoms with Crippen LogP contribution in [0.5, 0.6) is 0 Å². The van der Waals surface area contributed by atoms with Crippen LogP contribution in [0.4, 0.5) is 4.79 Å². The third kappa shape index (κ3) is 9.56. The predicted octanol–water partition coefficient (Wildman–Crippen LogP) is -1.07. The number of aliphatic imine (C=N–C) groups is 1. The quantitative estimate of drug-likeness (QED) is 0.0638. The van der Waals surface area contributed by atoms with Crippen LogP contribution < -0.4 is 33.3 Å². The number of rotatable bonds is 14. The van der Waals surface area contributed by atoms with E-state index < -0.39 is 53.8 Å². The molecule has 1 fully saturated rings. The Kier molecular flexibility index (Phi) is 12.3. The van der Waals surface area contributed by atoms with E-state index in [0.29, 0.717) is 31.2 Å². The van der Waals surface area contributed by atoms with Gasteiger partial charge in [-0.2, -0.15) is 5.10 Å². The fourth-order valence-corrected chi connectivity index (χ4v) is 4.36. The fourth-order valence-electron chi connectivity index (χ4n) is 4.36. The Balaban J connectivity index is 2.27. The Morgan fingerprint density at radius 1 is 1.12 bits per heavy atom. The molecule has 0 spiro atoms. The number of carboxylic acid groups (broad SMARTS) is 1. The van der Waals surface area contributed by atoms with E-state index in [1.54, 1.807) is 37.3 Å². The van der Waals surface area contributed by atoms with Gasteiger partial charge >= 0.3 is 12.0 Å². The number of likely N-dealkylation sites (tertiary alicyclic amines) is 1. The molecule has 1 unspecified atom stereocenters. The maximum Gasteiger partial charge on any atom is 0.332 e. The Morgan fingerprint density at radius 3 is 2.42 bits per heavy atom. The molecular weight excluding hydrogens is 522 g/mol. The lowest BCUT2D eigenvalue weighted by atomic mass is 9.90. The minimum absolute atomic E-state index is 0.0367. The van der Waals surface area contributed by atoms with Gasteiger partial charge in [0.05, 0.1) is 6.04 Å². The molecule has 1 aromatic carbocycles. The molecule has 5 amide bonds. The van der Waals surface area contributed by atoms with E-state index in [2.05, 4.69) is 26.2 Å². The van der Waals surface area contributed by atoms with Gasteiger partial charge in [0.2, 0.25) is 17.7 Å². The Labute approximate surface area is 231 Å². The van der Waals surface area contributed by atoms with Crippen molar-refractivity contribution < 1.29 is 29.1 Å². The summed E-state index contributed by atoms with van der Waals surface area (Å²) < 4.78 is 0. The van der Waals surface area contributed by atoms with Crippen LogP contribution >= 0.6 is 0 Å². The first-order valence-corrected chi connectivity index (χ1v) is 12.9. The second-order valence-corrected chi connectivity index (χ2v) is 9.13. The number of guanidine groups is 1. The Morgan fingerprint density at radius 2 is 1.82 bits per heavy atom. The highest BCUT2D eigenvalue weighted by molar-refractivity contribution is 5.97. The first kappa shape index (κ1) is 31.5. The predicted molar refractivity (Wildman–Crippen MR) is 147 cm³/mol. The summed E-state index contributed by atoms with van der Waals surface area (Å²) in [4.78, 5) is 68.0. The number of nitrogens with two attached hydrogens (primary N) is 3. The zero-order valence-electron chi connectivity index (χ0n) is 22.3. The van der Waals surface area contributed by atoms with Gasteiger partial charge in [0.25, 0.3) is 0 Å². The van der Waals surface area contributed by atoms with Crippen LogP contribution in [-0.2, 0) is 19.2 Å². The minimum Gasteiger partial charge on any atom is -0.481 e. The van der Waals surface area contributed by atoms with Crippen LogP contribution in [0.1, 0.15) is 50.5 Å². The number of aliphatic carboxylic acids is 1. The van der Waals surface area contributed by atoms with Crippen LogP contribution in [0.3, 0.4) is 0 Å². The van der Waals surface area contributed by atoms with Crippen molar-refractivity contribution in [1.82, 2.24) is 21.0 Å². The Hall–Kier alpha value is -4.69. The molecule has 40 heavy (non-hydrogen) atoms. The first-order valence-electron chi connectivity index (χ1n) is 12.9. The molecule has 0 saturated carbocycles. The van der Waals surface area contributed by atoms with Gasteiger partial charge in [0.15, 0.2) is 5.96 Å². The number of nitrogens with one attached hydrogen (secondary N) is 3. The summed E-state index contributed by atoms with van der Waals surface area (Å²) in [5.74, 6) is -4.42. The lowest BCUT2D eigenvalue weighted by Crippen LogP contribution is -2.57. The van der Waals surface area contributed by atoms with Crippen LogP contribution in [-0.4, -0.2) is 83.1 Å². The van der Waals surface area contributed by atoms with Crippen molar-refractivity contribution in [2.24, 2.45) is 27.3 Å². The lowest BCUT2D eigenvalue weighted by Gasteiger charge is -2.32. The molecule has 2 rings (SSSR count). The average Bonchev–Trinajstić information content (AvgIpc) is 3.40. The largest absolute Gasteiger partial charge is 0.481 e. The van der Waals surface area contributed by atoms with Crippen molar-refractivity contribution in [2.45, 2.75) is 63.1 Å². The summed E-state index contributed by atoms with van der Waals surface area (Å²) in [6, 6.07) is 4.22. The summed E-state index contributed by atoms with van der Waals surface area (Å²) in [7, 11) is 0. The normalized spacial score (nSPS) is 16.9. The maximum absolute atomic E-state index is 13.8. The van der Waals surface area contributed by atoms with Crippen molar-refractivity contribution in [3.63, 3.8) is 0 Å². The molecule has 0 aromatic heterocycles. The third-order valence-electron chi connectivity index (χ3n) is 6.22. The smallest absolute Gasteiger partial charge is 0.332 e. The monoisotopic (exact) mass is 559 g/mol. The van der Waals surface area contributed by atoms with Gasteiger partial charge < -0.3 is 37.8 Å². The Bertz CT molecular complexity index is 1110. The number of benzene rings is 1. The number of primary amides is 1. The summed E-state index contributed by atoms with van der Waals surface area (Å²) in [5, 5.41) is 19.1. The molecule has 1 saturated heterocycles. The SMILES string of the molecule is CCC(=O)N[C@H](C(=O)N1CCC[C@H]1C(=O)N[C@H](C=NNC(N)=O)CCCN=C(N)N)C(C(=O)O)c1ccccc1. The third-order valence-corrected chi connectivity index (χ3v) is 6.22. The number of amides is 5. The van der Waals surface area contributed by atoms with E-state index in [1.165, 1.54) is 11.1 Å². The molecule has 4 atom stereocenters. The lowest BCUT2D eigenvalue weighted by molar-refractivity contribution is -0.147. The van der Waals surface area contributed by atoms with Gasteiger partial charge in [-0.15, -0.1) is 0 Å². The van der Waals surface area contributed by atoms with Crippen molar-refractivity contribution in [2.75, 3.05) is 13.1 Å². The number of carbonyl (C=O) groups is 5. The van der Waals surface area contributed by atoms with Gasteiger partial charge in [-0.1, -0.05) is 37.3 Å². The van der Waals surface area contributed by atoms with E-state index in [1.807, 2.05) is 0 Å². The molecule has 1 aliphatic rings. The van der Waals surface area contributed by atoms with E-state index in [4.69, 9.17) is 17.2 Å². The summed E-state index contributed by atoms with van der Waals surface area (Å²) in [6.07, 6.45) is 2.95. The number of hydrogen-bond acceptors (Lipinski definition) is 7. The van der Waals surface area contributed by atoms with Crippen molar-refractivity contribution in [3.05, 3.63) is 35.9 Å². The van der Waals surface area contributed by atoms with Gasteiger partial charge in [-0.25, -0.2) is 10.2 Å². The number of nitrogens with zero attached hydrogens (tertiary/aromatic N) is 3. The second-order valence-electron chi connectivity index (χ2n) is 9.13. The van der Waals surface area contributed by atoms with E-state index in [9.17, 15) is 29.1 Å².